The van der Waals surface area contributed by atoms with E-state index in [4.69, 9.17) is 0 Å². The van der Waals surface area contributed by atoms with Crippen LogP contribution in [-0.4, -0.2) is 81.0 Å². The maximum atomic E-state index is 12.1. The van der Waals surface area contributed by atoms with Gasteiger partial charge in [0.25, 0.3) is 0 Å². The first kappa shape index (κ1) is 23.0. The standard InChI is InChI=1S/C17H34N4O2S.HI/c1-17(2)15-21(13-14-24(17,22)23)16(18-3)19-9-8-12-20-10-6-4-5-7-11-20;/h4-15H2,1-3H3,(H,18,19);1H. The van der Waals surface area contributed by atoms with Gasteiger partial charge in [0.1, 0.15) is 0 Å². The number of nitrogens with one attached hydrogen (secondary N) is 1. The molecule has 8 heteroatoms. The molecule has 0 saturated carbocycles. The Morgan fingerprint density at radius 1 is 1.12 bits per heavy atom. The molecule has 148 valence electrons. The third-order valence-corrected chi connectivity index (χ3v) is 7.72. The Balaban J connectivity index is 0.00000312. The van der Waals surface area contributed by atoms with Crippen molar-refractivity contribution in [2.45, 2.75) is 50.7 Å². The SMILES string of the molecule is CN=C(NCCCN1CCCCCC1)N1CCS(=O)(=O)C(C)(C)C1.I. The van der Waals surface area contributed by atoms with Crippen LogP contribution in [0.25, 0.3) is 0 Å². The molecule has 2 heterocycles. The second kappa shape index (κ2) is 10.3. The number of guanidine groups is 1. The summed E-state index contributed by atoms with van der Waals surface area (Å²) in [7, 11) is -1.24. The van der Waals surface area contributed by atoms with Crippen molar-refractivity contribution in [3.63, 3.8) is 0 Å². The summed E-state index contributed by atoms with van der Waals surface area (Å²) in [4.78, 5) is 8.99. The zero-order valence-corrected chi connectivity index (χ0v) is 19.1. The van der Waals surface area contributed by atoms with E-state index in [1.54, 1.807) is 20.9 Å². The Morgan fingerprint density at radius 2 is 1.76 bits per heavy atom. The topological polar surface area (TPSA) is 65.0 Å². The van der Waals surface area contributed by atoms with Gasteiger partial charge in [-0.1, -0.05) is 12.8 Å². The van der Waals surface area contributed by atoms with E-state index >= 15 is 0 Å². The first-order chi connectivity index (χ1) is 11.4. The van der Waals surface area contributed by atoms with E-state index < -0.39 is 14.6 Å². The second-order valence-corrected chi connectivity index (χ2v) is 10.3. The fraction of sp³-hybridized carbons (Fsp3) is 0.941. The van der Waals surface area contributed by atoms with Gasteiger partial charge in [0.05, 0.1) is 10.5 Å². The molecule has 0 aromatic heterocycles. The third kappa shape index (κ3) is 6.53. The fourth-order valence-electron chi connectivity index (χ4n) is 3.52. The number of nitrogens with zero attached hydrogens (tertiary/aromatic N) is 3. The molecule has 0 amide bonds. The van der Waals surface area contributed by atoms with Crippen LogP contribution in [0, 0.1) is 0 Å². The normalized spacial score (nSPS) is 24.3. The van der Waals surface area contributed by atoms with E-state index in [0.29, 0.717) is 13.1 Å². The first-order valence-electron chi connectivity index (χ1n) is 9.26. The zero-order valence-electron chi connectivity index (χ0n) is 16.0. The highest BCUT2D eigenvalue weighted by Crippen LogP contribution is 2.23. The van der Waals surface area contributed by atoms with Gasteiger partial charge in [-0.3, -0.25) is 4.99 Å². The van der Waals surface area contributed by atoms with E-state index in [2.05, 4.69) is 20.1 Å². The lowest BCUT2D eigenvalue weighted by molar-refractivity contribution is 0.281. The predicted molar refractivity (Wildman–Crippen MR) is 116 cm³/mol. The highest BCUT2D eigenvalue weighted by Gasteiger charge is 2.40. The number of hydrogen-bond donors (Lipinski definition) is 1. The molecule has 0 bridgehead atoms. The Morgan fingerprint density at radius 3 is 2.32 bits per heavy atom. The number of rotatable bonds is 4. The van der Waals surface area contributed by atoms with Crippen molar-refractivity contribution < 1.29 is 8.42 Å². The summed E-state index contributed by atoms with van der Waals surface area (Å²) in [6, 6.07) is 0. The minimum Gasteiger partial charge on any atom is -0.356 e. The molecule has 0 atom stereocenters. The largest absolute Gasteiger partial charge is 0.356 e. The summed E-state index contributed by atoms with van der Waals surface area (Å²) in [5.74, 6) is 1.03. The van der Waals surface area contributed by atoms with Crippen molar-refractivity contribution in [2.24, 2.45) is 4.99 Å². The van der Waals surface area contributed by atoms with Gasteiger partial charge in [-0.2, -0.15) is 0 Å². The zero-order chi connectivity index (χ0) is 17.6. The molecule has 2 saturated heterocycles. The molecule has 0 unspecified atom stereocenters. The number of aliphatic imine (C=N–C) groups is 1. The molecule has 0 spiro atoms. The molecular weight excluding hydrogens is 451 g/mol. The van der Waals surface area contributed by atoms with Crippen molar-refractivity contribution in [1.29, 1.82) is 0 Å². The monoisotopic (exact) mass is 486 g/mol. The van der Waals surface area contributed by atoms with E-state index in [-0.39, 0.29) is 29.7 Å². The Bertz CT molecular complexity index is 529. The first-order valence-corrected chi connectivity index (χ1v) is 10.9. The predicted octanol–water partition coefficient (Wildman–Crippen LogP) is 1.95. The Labute approximate surface area is 170 Å². The highest BCUT2D eigenvalue weighted by molar-refractivity contribution is 14.0. The molecule has 2 aliphatic heterocycles. The van der Waals surface area contributed by atoms with Gasteiger partial charge < -0.3 is 15.1 Å². The summed E-state index contributed by atoms with van der Waals surface area (Å²) in [6.07, 6.45) is 6.48. The number of halogens is 1. The minimum atomic E-state index is -3.01. The van der Waals surface area contributed by atoms with Gasteiger partial charge in [-0.15, -0.1) is 24.0 Å². The third-order valence-electron chi connectivity index (χ3n) is 5.19. The van der Waals surface area contributed by atoms with Gasteiger partial charge in [-0.25, -0.2) is 8.42 Å². The average Bonchev–Trinajstić information content (AvgIpc) is 2.79. The quantitative estimate of drug-likeness (QED) is 0.285. The Hall–Kier alpha value is -0.0900. The van der Waals surface area contributed by atoms with Crippen LogP contribution < -0.4 is 5.32 Å². The minimum absolute atomic E-state index is 0. The molecule has 2 aliphatic rings. The second-order valence-electron chi connectivity index (χ2n) is 7.58. The van der Waals surface area contributed by atoms with E-state index in [1.807, 2.05) is 0 Å². The van der Waals surface area contributed by atoms with Gasteiger partial charge in [-0.05, 0) is 52.7 Å². The molecular formula is C17H35IN4O2S. The van der Waals surface area contributed by atoms with Crippen LogP contribution in [-0.2, 0) is 9.84 Å². The number of sulfone groups is 1. The van der Waals surface area contributed by atoms with Gasteiger partial charge in [0, 0.05) is 26.7 Å². The van der Waals surface area contributed by atoms with Crippen molar-refractivity contribution in [2.75, 3.05) is 52.1 Å². The van der Waals surface area contributed by atoms with Crippen LogP contribution in [0.15, 0.2) is 4.99 Å². The van der Waals surface area contributed by atoms with Gasteiger partial charge >= 0.3 is 0 Å². The average molecular weight is 486 g/mol. The maximum absolute atomic E-state index is 12.1. The lowest BCUT2D eigenvalue weighted by atomic mass is 10.2. The molecule has 25 heavy (non-hydrogen) atoms. The number of likely N-dealkylation sites (tertiary alicyclic amines) is 1. The van der Waals surface area contributed by atoms with Crippen molar-refractivity contribution in [3.8, 4) is 0 Å². The molecule has 0 radical (unpaired) electrons. The van der Waals surface area contributed by atoms with Crippen LogP contribution in [0.1, 0.15) is 46.0 Å². The molecule has 2 fully saturated rings. The lowest BCUT2D eigenvalue weighted by Gasteiger charge is -2.39. The number of hydrogen-bond acceptors (Lipinski definition) is 4. The van der Waals surface area contributed by atoms with Gasteiger partial charge in [0.15, 0.2) is 15.8 Å². The molecule has 0 aliphatic carbocycles. The van der Waals surface area contributed by atoms with E-state index in [1.165, 1.54) is 38.8 Å². The van der Waals surface area contributed by atoms with Gasteiger partial charge in [0.2, 0.25) is 0 Å². The van der Waals surface area contributed by atoms with Crippen LogP contribution in [0.2, 0.25) is 0 Å². The van der Waals surface area contributed by atoms with Crippen molar-refractivity contribution >= 4 is 39.8 Å². The molecule has 0 aromatic rings. The smallest absolute Gasteiger partial charge is 0.193 e. The molecule has 2 rings (SSSR count). The summed E-state index contributed by atoms with van der Waals surface area (Å²) >= 11 is 0. The van der Waals surface area contributed by atoms with E-state index in [0.717, 1.165) is 25.5 Å². The van der Waals surface area contributed by atoms with E-state index in [9.17, 15) is 8.42 Å². The van der Waals surface area contributed by atoms with Crippen molar-refractivity contribution in [3.05, 3.63) is 0 Å². The summed E-state index contributed by atoms with van der Waals surface area (Å²) in [5, 5.41) is 3.41. The maximum Gasteiger partial charge on any atom is 0.193 e. The van der Waals surface area contributed by atoms with Crippen molar-refractivity contribution in [1.82, 2.24) is 15.1 Å². The molecule has 0 aromatic carbocycles. The summed E-state index contributed by atoms with van der Waals surface area (Å²) in [5.41, 5.74) is 0. The fourth-order valence-corrected chi connectivity index (χ4v) is 4.89. The van der Waals surface area contributed by atoms with Crippen LogP contribution in [0.3, 0.4) is 0 Å². The molecule has 6 nitrogen and oxygen atoms in total. The van der Waals surface area contributed by atoms with Crippen LogP contribution in [0.5, 0.6) is 0 Å². The highest BCUT2D eigenvalue weighted by atomic mass is 127. The summed E-state index contributed by atoms with van der Waals surface area (Å²) in [6.45, 7) is 9.11. The molecule has 1 N–H and O–H groups in total. The van der Waals surface area contributed by atoms with Crippen LogP contribution in [0.4, 0.5) is 0 Å². The Kier molecular flexibility index (Phi) is 9.45. The lowest BCUT2D eigenvalue weighted by Crippen LogP contribution is -2.57. The summed E-state index contributed by atoms with van der Waals surface area (Å²) < 4.78 is 23.5. The van der Waals surface area contributed by atoms with Crippen LogP contribution >= 0.6 is 24.0 Å².